The zero-order chi connectivity index (χ0) is 33.0. The molecule has 24 heteroatoms. The van der Waals surface area contributed by atoms with Gasteiger partial charge in [0.1, 0.15) is 0 Å². The van der Waals surface area contributed by atoms with Crippen molar-refractivity contribution >= 4 is 38.1 Å². The number of benzene rings is 1. The van der Waals surface area contributed by atoms with Crippen molar-refractivity contribution in [3.63, 3.8) is 0 Å². The van der Waals surface area contributed by atoms with E-state index in [1.165, 1.54) is 11.6 Å². The minimum absolute atomic E-state index is 0.187. The first-order valence-electron chi connectivity index (χ1n) is 9.89. The molecule has 0 aliphatic heterocycles. The van der Waals surface area contributed by atoms with Crippen molar-refractivity contribution < 1.29 is 83.5 Å². The Morgan fingerprint density at radius 2 is 1.19 bits per heavy atom. The number of alkyl halides is 16. The topological polar surface area (TPSA) is 88.2 Å². The third-order valence-corrected chi connectivity index (χ3v) is 7.20. The molecule has 238 valence electrons. The van der Waals surface area contributed by atoms with Gasteiger partial charge in [-0.2, -0.15) is 61.5 Å². The highest BCUT2D eigenvalue weighted by Crippen LogP contribution is 2.62. The molecular formula is C18H9F16N3O3S2. The number of hydrogen-bond donors (Lipinski definition) is 2. The van der Waals surface area contributed by atoms with E-state index < -0.39 is 74.4 Å². The lowest BCUT2D eigenvalue weighted by molar-refractivity contribution is -0.443. The van der Waals surface area contributed by atoms with Gasteiger partial charge in [-0.1, -0.05) is 0 Å². The Hall–Kier alpha value is -3.05. The second-order valence-electron chi connectivity index (χ2n) is 7.79. The van der Waals surface area contributed by atoms with Crippen LogP contribution in [0.25, 0.3) is 0 Å². The van der Waals surface area contributed by atoms with E-state index in [2.05, 4.69) is 4.98 Å². The molecule has 2 aromatic rings. The number of nitrogens with zero attached hydrogens (tertiary/aromatic N) is 1. The first-order valence-corrected chi connectivity index (χ1v) is 12.3. The molecule has 0 aliphatic carbocycles. The molecule has 1 aromatic heterocycles. The van der Waals surface area contributed by atoms with Gasteiger partial charge in [0.05, 0.1) is 4.90 Å². The minimum atomic E-state index is -8.64. The largest absolute Gasteiger partial charge is 0.393 e. The second kappa shape index (κ2) is 10.6. The Labute approximate surface area is 225 Å². The van der Waals surface area contributed by atoms with Crippen molar-refractivity contribution in [2.45, 2.75) is 52.8 Å². The first-order chi connectivity index (χ1) is 18.6. The van der Waals surface area contributed by atoms with E-state index >= 15 is 0 Å². The Kier molecular flexibility index (Phi) is 8.86. The van der Waals surface area contributed by atoms with Gasteiger partial charge in [0.25, 0.3) is 10.0 Å². The molecule has 2 N–H and O–H groups in total. The number of carbonyl (C=O) groups is 1. The number of amides is 1. The van der Waals surface area contributed by atoms with Gasteiger partial charge in [-0.05, 0) is 24.3 Å². The van der Waals surface area contributed by atoms with Crippen LogP contribution in [0, 0.1) is 0 Å². The van der Waals surface area contributed by atoms with Gasteiger partial charge in [-0.25, -0.2) is 22.2 Å². The quantitative estimate of drug-likeness (QED) is 0.247. The summed E-state index contributed by atoms with van der Waals surface area (Å²) in [4.78, 5) is 14.5. The number of halogens is 16. The van der Waals surface area contributed by atoms with Crippen molar-refractivity contribution in [1.29, 1.82) is 0 Å². The van der Waals surface area contributed by atoms with Gasteiger partial charge < -0.3 is 5.32 Å². The van der Waals surface area contributed by atoms with Crippen LogP contribution >= 0.6 is 11.3 Å². The summed E-state index contributed by atoms with van der Waals surface area (Å²) in [6.07, 6.45) is -4.80. The van der Waals surface area contributed by atoms with Gasteiger partial charge in [0.2, 0.25) is 0 Å². The van der Waals surface area contributed by atoms with Crippen LogP contribution < -0.4 is 10.0 Å². The van der Waals surface area contributed by atoms with E-state index in [0.717, 1.165) is 11.3 Å². The lowest BCUT2D eigenvalue weighted by atomic mass is 9.89. The molecule has 0 bridgehead atoms. The summed E-state index contributed by atoms with van der Waals surface area (Å²) in [5.41, 5.74) is -1.15. The summed E-state index contributed by atoms with van der Waals surface area (Å²) >= 11 is 0.783. The maximum absolute atomic E-state index is 14.0. The van der Waals surface area contributed by atoms with E-state index in [9.17, 15) is 83.5 Å². The van der Waals surface area contributed by atoms with Crippen molar-refractivity contribution in [3.05, 3.63) is 35.8 Å². The molecule has 0 unspecified atom stereocenters. The fraction of sp³-hybridized carbons (Fsp3) is 0.444. The summed E-state index contributed by atoms with van der Waals surface area (Å²) < 4.78 is 241. The van der Waals surface area contributed by atoms with Crippen LogP contribution in [0.15, 0.2) is 40.7 Å². The number of sulfonamides is 1. The van der Waals surface area contributed by atoms with E-state index in [0.29, 0.717) is 29.6 Å². The number of carbonyl (C=O) groups excluding carboxylic acids is 1. The molecule has 0 aliphatic rings. The molecule has 1 amide bonds. The van der Waals surface area contributed by atoms with Gasteiger partial charge in [0, 0.05) is 17.3 Å². The molecule has 0 spiro atoms. The average molecular weight is 683 g/mol. The van der Waals surface area contributed by atoms with Crippen LogP contribution in [-0.2, 0) is 14.8 Å². The lowest BCUT2D eigenvalue weighted by Gasteiger charge is -2.42. The smallest absolute Gasteiger partial charge is 0.321 e. The molecule has 0 saturated heterocycles. The highest BCUT2D eigenvalue weighted by atomic mass is 32.2. The fourth-order valence-electron chi connectivity index (χ4n) is 2.65. The van der Waals surface area contributed by atoms with Crippen LogP contribution in [0.2, 0.25) is 0 Å². The van der Waals surface area contributed by atoms with Crippen LogP contribution in [0.1, 0.15) is 0 Å². The number of nitrogens with one attached hydrogen (secondary N) is 2. The fourth-order valence-corrected chi connectivity index (χ4v) is 4.44. The molecule has 2 rings (SSSR count). The molecule has 0 atom stereocenters. The van der Waals surface area contributed by atoms with Crippen molar-refractivity contribution in [2.75, 3.05) is 10.0 Å². The molecule has 0 fully saturated rings. The molecule has 6 nitrogen and oxygen atoms in total. The zero-order valence-electron chi connectivity index (χ0n) is 19.1. The van der Waals surface area contributed by atoms with E-state index in [1.807, 2.05) is 4.72 Å². The molecule has 0 saturated carbocycles. The van der Waals surface area contributed by atoms with Crippen LogP contribution in [0.5, 0.6) is 0 Å². The summed E-state index contributed by atoms with van der Waals surface area (Å²) in [7, 11) is -4.46. The summed E-state index contributed by atoms with van der Waals surface area (Å²) in [6, 6.07) is 1.65. The van der Waals surface area contributed by atoms with Crippen LogP contribution in [0.4, 0.5) is 81.1 Å². The number of hydrogen-bond acceptors (Lipinski definition) is 5. The lowest BCUT2D eigenvalue weighted by Crippen LogP contribution is -2.74. The zero-order valence-corrected chi connectivity index (χ0v) is 20.7. The molecule has 0 radical (unpaired) electrons. The molecule has 42 heavy (non-hydrogen) atoms. The van der Waals surface area contributed by atoms with Crippen LogP contribution in [0.3, 0.4) is 0 Å². The molecular weight excluding hydrogens is 674 g/mol. The highest BCUT2D eigenvalue weighted by Gasteiger charge is 2.94. The third-order valence-electron chi connectivity index (χ3n) is 5.03. The van der Waals surface area contributed by atoms with Gasteiger partial charge in [-0.15, -0.1) is 11.3 Å². The average Bonchev–Trinajstić information content (AvgIpc) is 3.35. The van der Waals surface area contributed by atoms with Crippen molar-refractivity contribution in [3.8, 4) is 0 Å². The van der Waals surface area contributed by atoms with E-state index in [-0.39, 0.29) is 5.13 Å². The Morgan fingerprint density at radius 3 is 1.62 bits per heavy atom. The van der Waals surface area contributed by atoms with Gasteiger partial charge in [0.15, 0.2) is 5.13 Å². The van der Waals surface area contributed by atoms with Crippen molar-refractivity contribution in [1.82, 2.24) is 4.98 Å². The Morgan fingerprint density at radius 1 is 0.738 bits per heavy atom. The summed E-state index contributed by atoms with van der Waals surface area (Å²) in [6.45, 7) is 0. The number of rotatable bonds is 12. The standard InChI is InChI=1S/C18H9F16N3O3S2/c19-9(20)12(21,22)14(25,26)16(29,30)18(33,34)17(31,32)15(27,28)13(23,24)10(38)36-7-1-3-8(4-2-7)42(39,40)37-11-35-5-6-41-11/h1-6,9H,(H,35,37)(H,36,38). The third kappa shape index (κ3) is 5.30. The molecule has 1 aromatic carbocycles. The second-order valence-corrected chi connectivity index (χ2v) is 10.4. The Balaban J connectivity index is 2.39. The number of aromatic nitrogens is 1. The predicted molar refractivity (Wildman–Crippen MR) is 109 cm³/mol. The van der Waals surface area contributed by atoms with Crippen molar-refractivity contribution in [2.24, 2.45) is 0 Å². The monoisotopic (exact) mass is 683 g/mol. The van der Waals surface area contributed by atoms with E-state index in [4.69, 9.17) is 0 Å². The SMILES string of the molecule is O=C(Nc1ccc(S(=O)(=O)Nc2nccs2)cc1)C(F)(F)C(F)(F)C(F)(F)C(F)(F)C(F)(F)C(F)(F)C(F)(F)C(F)F. The molecule has 1 heterocycles. The number of thiazole rings is 1. The normalized spacial score (nSPS) is 14.7. The van der Waals surface area contributed by atoms with E-state index in [1.54, 1.807) is 0 Å². The van der Waals surface area contributed by atoms with Gasteiger partial charge >= 0.3 is 53.8 Å². The summed E-state index contributed by atoms with van der Waals surface area (Å²) in [5.74, 6) is -60.6. The minimum Gasteiger partial charge on any atom is -0.321 e. The van der Waals surface area contributed by atoms with Gasteiger partial charge in [-0.3, -0.25) is 9.52 Å². The predicted octanol–water partition coefficient (Wildman–Crippen LogP) is 6.59. The maximum Gasteiger partial charge on any atom is 0.393 e. The first kappa shape index (κ1) is 35.1. The highest BCUT2D eigenvalue weighted by molar-refractivity contribution is 7.93. The Bertz CT molecular complexity index is 1380. The maximum atomic E-state index is 14.0. The van der Waals surface area contributed by atoms with Crippen LogP contribution in [-0.4, -0.2) is 67.2 Å². The summed E-state index contributed by atoms with van der Waals surface area (Å²) in [5, 5.41) is 1.86. The number of anilines is 2.